The molecular weight excluding hydrogens is 389 g/mol. The number of aliphatic imine (C=N–C) groups is 1. The van der Waals surface area contributed by atoms with Crippen molar-refractivity contribution in [1.82, 2.24) is 15.6 Å². The summed E-state index contributed by atoms with van der Waals surface area (Å²) in [5.41, 5.74) is 0.991. The van der Waals surface area contributed by atoms with E-state index in [1.54, 1.807) is 0 Å². The molecule has 1 aromatic rings. The third-order valence-electron chi connectivity index (χ3n) is 3.69. The van der Waals surface area contributed by atoms with Crippen LogP contribution >= 0.6 is 24.0 Å². The Kier molecular flexibility index (Phi) is 8.52. The van der Waals surface area contributed by atoms with Gasteiger partial charge in [-0.25, -0.2) is 9.98 Å². The van der Waals surface area contributed by atoms with Crippen molar-refractivity contribution >= 4 is 35.8 Å². The van der Waals surface area contributed by atoms with Gasteiger partial charge in [-0.3, -0.25) is 0 Å². The highest BCUT2D eigenvalue weighted by Gasteiger charge is 2.15. The van der Waals surface area contributed by atoms with E-state index in [-0.39, 0.29) is 24.0 Å². The highest BCUT2D eigenvalue weighted by molar-refractivity contribution is 14.0. The number of hydrogen-bond acceptors (Lipinski definition) is 3. The van der Waals surface area contributed by atoms with Crippen LogP contribution in [0.25, 0.3) is 0 Å². The summed E-state index contributed by atoms with van der Waals surface area (Å²) in [6.07, 6.45) is 5.14. The molecule has 0 aliphatic heterocycles. The molecule has 0 unspecified atom stereocenters. The fourth-order valence-electron chi connectivity index (χ4n) is 2.55. The Balaban J connectivity index is 0.00000242. The topological polar surface area (TPSA) is 52.6 Å². The predicted molar refractivity (Wildman–Crippen MR) is 104 cm³/mol. The maximum absolute atomic E-state index is 4.66. The van der Waals surface area contributed by atoms with Crippen molar-refractivity contribution in [3.8, 4) is 0 Å². The Bertz CT molecular complexity index is 469. The Morgan fingerprint density at radius 1 is 1.32 bits per heavy atom. The average Bonchev–Trinajstić information content (AvgIpc) is 2.98. The first kappa shape index (κ1) is 19.0. The van der Waals surface area contributed by atoms with Crippen LogP contribution in [0, 0.1) is 0 Å². The molecule has 0 saturated heterocycles. The van der Waals surface area contributed by atoms with Crippen LogP contribution in [-0.4, -0.2) is 37.6 Å². The van der Waals surface area contributed by atoms with Crippen molar-refractivity contribution in [2.24, 2.45) is 4.99 Å². The van der Waals surface area contributed by atoms with E-state index in [1.807, 2.05) is 37.2 Å². The van der Waals surface area contributed by atoms with E-state index in [4.69, 9.17) is 0 Å². The highest BCUT2D eigenvalue weighted by Crippen LogP contribution is 2.17. The lowest BCUT2D eigenvalue weighted by atomic mass is 10.2. The van der Waals surface area contributed by atoms with Crippen LogP contribution in [0.2, 0.25) is 0 Å². The summed E-state index contributed by atoms with van der Waals surface area (Å²) in [4.78, 5) is 11.3. The van der Waals surface area contributed by atoms with Crippen LogP contribution in [0.4, 0.5) is 5.82 Å². The second-order valence-electron chi connectivity index (χ2n) is 5.70. The maximum Gasteiger partial charge on any atom is 0.191 e. The van der Waals surface area contributed by atoms with Crippen LogP contribution in [-0.2, 0) is 6.54 Å². The molecule has 1 saturated carbocycles. The van der Waals surface area contributed by atoms with E-state index < -0.39 is 0 Å². The Labute approximate surface area is 151 Å². The number of aromatic nitrogens is 1. The Morgan fingerprint density at radius 3 is 2.68 bits per heavy atom. The zero-order valence-electron chi connectivity index (χ0n) is 13.8. The number of halogens is 1. The van der Waals surface area contributed by atoms with Crippen molar-refractivity contribution < 1.29 is 0 Å². The number of rotatable bonds is 5. The van der Waals surface area contributed by atoms with Crippen molar-refractivity contribution in [3.63, 3.8) is 0 Å². The number of guanidine groups is 1. The SMILES string of the molecule is CCNC(=NCc1cccc(N(C)C)n1)NC1CCCC1.I. The van der Waals surface area contributed by atoms with Gasteiger partial charge in [-0.15, -0.1) is 24.0 Å². The zero-order chi connectivity index (χ0) is 15.1. The zero-order valence-corrected chi connectivity index (χ0v) is 16.1. The lowest BCUT2D eigenvalue weighted by molar-refractivity contribution is 0.613. The number of anilines is 1. The normalized spacial score (nSPS) is 15.3. The lowest BCUT2D eigenvalue weighted by Crippen LogP contribution is -2.42. The summed E-state index contributed by atoms with van der Waals surface area (Å²) in [5, 5.41) is 6.84. The van der Waals surface area contributed by atoms with E-state index in [9.17, 15) is 0 Å². The van der Waals surface area contributed by atoms with Gasteiger partial charge in [0.2, 0.25) is 0 Å². The van der Waals surface area contributed by atoms with Crippen molar-refractivity contribution in [3.05, 3.63) is 23.9 Å². The largest absolute Gasteiger partial charge is 0.363 e. The van der Waals surface area contributed by atoms with Crippen molar-refractivity contribution in [2.45, 2.75) is 45.2 Å². The first-order chi connectivity index (χ1) is 10.2. The van der Waals surface area contributed by atoms with Gasteiger partial charge in [0.25, 0.3) is 0 Å². The molecule has 5 nitrogen and oxygen atoms in total. The van der Waals surface area contributed by atoms with Gasteiger partial charge in [-0.05, 0) is 31.9 Å². The van der Waals surface area contributed by atoms with Gasteiger partial charge in [-0.1, -0.05) is 18.9 Å². The molecule has 1 aromatic heterocycles. The molecule has 1 fully saturated rings. The van der Waals surface area contributed by atoms with Crippen LogP contribution in [0.1, 0.15) is 38.3 Å². The number of nitrogens with one attached hydrogen (secondary N) is 2. The van der Waals surface area contributed by atoms with Gasteiger partial charge in [0.1, 0.15) is 5.82 Å². The predicted octanol–water partition coefficient (Wildman–Crippen LogP) is 2.76. The molecule has 6 heteroatoms. The molecule has 0 bridgehead atoms. The molecule has 0 spiro atoms. The Morgan fingerprint density at radius 2 is 2.05 bits per heavy atom. The standard InChI is InChI=1S/C16H27N5.HI/c1-4-17-16(20-13-8-5-6-9-13)18-12-14-10-7-11-15(19-14)21(2)3;/h7,10-11,13H,4-6,8-9,12H2,1-3H3,(H2,17,18,20);1H. The van der Waals surface area contributed by atoms with Gasteiger partial charge in [0, 0.05) is 26.7 Å². The molecule has 1 aliphatic carbocycles. The molecular formula is C16H28IN5. The molecule has 22 heavy (non-hydrogen) atoms. The minimum absolute atomic E-state index is 0. The van der Waals surface area contributed by atoms with Crippen LogP contribution in [0.15, 0.2) is 23.2 Å². The fraction of sp³-hybridized carbons (Fsp3) is 0.625. The quantitative estimate of drug-likeness (QED) is 0.440. The molecule has 2 N–H and O–H groups in total. The monoisotopic (exact) mass is 417 g/mol. The summed E-state index contributed by atoms with van der Waals surface area (Å²) in [5.74, 6) is 1.87. The lowest BCUT2D eigenvalue weighted by Gasteiger charge is -2.16. The van der Waals surface area contributed by atoms with Crippen LogP contribution < -0.4 is 15.5 Å². The van der Waals surface area contributed by atoms with E-state index in [1.165, 1.54) is 25.7 Å². The summed E-state index contributed by atoms with van der Waals surface area (Å²) in [7, 11) is 4.00. The minimum atomic E-state index is 0. The van der Waals surface area contributed by atoms with Gasteiger partial charge < -0.3 is 15.5 Å². The third kappa shape index (κ3) is 5.98. The summed E-state index contributed by atoms with van der Waals surface area (Å²) in [6, 6.07) is 6.64. The van der Waals surface area contributed by atoms with Gasteiger partial charge in [-0.2, -0.15) is 0 Å². The van der Waals surface area contributed by atoms with E-state index in [0.717, 1.165) is 24.0 Å². The first-order valence-corrected chi connectivity index (χ1v) is 7.87. The van der Waals surface area contributed by atoms with Gasteiger partial charge >= 0.3 is 0 Å². The maximum atomic E-state index is 4.66. The van der Waals surface area contributed by atoms with Crippen LogP contribution in [0.5, 0.6) is 0 Å². The van der Waals surface area contributed by atoms with Gasteiger partial charge in [0.05, 0.1) is 12.2 Å². The third-order valence-corrected chi connectivity index (χ3v) is 3.69. The summed E-state index contributed by atoms with van der Waals surface area (Å²) >= 11 is 0. The summed E-state index contributed by atoms with van der Waals surface area (Å²) < 4.78 is 0. The number of hydrogen-bond donors (Lipinski definition) is 2. The number of pyridine rings is 1. The van der Waals surface area contributed by atoms with Crippen molar-refractivity contribution in [2.75, 3.05) is 25.5 Å². The van der Waals surface area contributed by atoms with Crippen LogP contribution in [0.3, 0.4) is 0 Å². The number of nitrogens with zero attached hydrogens (tertiary/aromatic N) is 3. The second-order valence-corrected chi connectivity index (χ2v) is 5.70. The van der Waals surface area contributed by atoms with E-state index in [2.05, 4.69) is 27.5 Å². The molecule has 124 valence electrons. The first-order valence-electron chi connectivity index (χ1n) is 7.87. The molecule has 0 radical (unpaired) electrons. The molecule has 0 amide bonds. The molecule has 0 atom stereocenters. The molecule has 2 rings (SSSR count). The molecule has 1 aliphatic rings. The van der Waals surface area contributed by atoms with Gasteiger partial charge in [0.15, 0.2) is 5.96 Å². The average molecular weight is 417 g/mol. The summed E-state index contributed by atoms with van der Waals surface area (Å²) in [6.45, 7) is 3.57. The minimum Gasteiger partial charge on any atom is -0.363 e. The fourth-order valence-corrected chi connectivity index (χ4v) is 2.55. The van der Waals surface area contributed by atoms with Crippen molar-refractivity contribution in [1.29, 1.82) is 0 Å². The van der Waals surface area contributed by atoms with E-state index >= 15 is 0 Å². The molecule has 0 aromatic carbocycles. The second kappa shape index (κ2) is 9.86. The highest BCUT2D eigenvalue weighted by atomic mass is 127. The van der Waals surface area contributed by atoms with E-state index in [0.29, 0.717) is 12.6 Å². The smallest absolute Gasteiger partial charge is 0.191 e. The Hall–Kier alpha value is -1.05. The molecule has 1 heterocycles.